The summed E-state index contributed by atoms with van der Waals surface area (Å²) in [5.41, 5.74) is -1.81. The van der Waals surface area contributed by atoms with Crippen molar-refractivity contribution in [3.8, 4) is 5.75 Å². The Labute approximate surface area is 163 Å². The maximum Gasteiger partial charge on any atom is 0.417 e. The third-order valence-electron chi connectivity index (χ3n) is 4.16. The summed E-state index contributed by atoms with van der Waals surface area (Å²) in [6, 6.07) is 5.10. The zero-order chi connectivity index (χ0) is 20.7. The topological polar surface area (TPSA) is 76.8 Å². The Kier molecular flexibility index (Phi) is 5.48. The van der Waals surface area contributed by atoms with Crippen LogP contribution in [0, 0.1) is 6.92 Å². The Morgan fingerprint density at radius 3 is 2.61 bits per heavy atom. The van der Waals surface area contributed by atoms with Gasteiger partial charge >= 0.3 is 11.8 Å². The van der Waals surface area contributed by atoms with Crippen LogP contribution in [0.15, 0.2) is 44.4 Å². The molecule has 0 N–H and O–H groups in total. The summed E-state index contributed by atoms with van der Waals surface area (Å²) in [6.07, 6.45) is -5.01. The molecule has 0 aliphatic carbocycles. The maximum absolute atomic E-state index is 13.0. The highest BCUT2D eigenvalue weighted by Gasteiger charge is 2.37. The predicted molar refractivity (Wildman–Crippen MR) is 94.0 cm³/mol. The van der Waals surface area contributed by atoms with E-state index in [9.17, 15) is 26.4 Å². The minimum absolute atomic E-state index is 0.0639. The van der Waals surface area contributed by atoms with Crippen molar-refractivity contribution in [1.29, 1.82) is 0 Å². The average molecular weight is 438 g/mol. The van der Waals surface area contributed by atoms with Crippen molar-refractivity contribution in [2.45, 2.75) is 30.5 Å². The van der Waals surface area contributed by atoms with Crippen molar-refractivity contribution in [1.82, 2.24) is 4.31 Å². The first-order valence-corrected chi connectivity index (χ1v) is 9.94. The molecular weight excluding hydrogens is 423 g/mol. The van der Waals surface area contributed by atoms with E-state index in [2.05, 4.69) is 0 Å². The quantitative estimate of drug-likeness (QED) is 0.732. The fourth-order valence-electron chi connectivity index (χ4n) is 2.88. The maximum atomic E-state index is 13.0. The van der Waals surface area contributed by atoms with Crippen molar-refractivity contribution in [2.75, 3.05) is 13.1 Å². The standard InChI is InChI=1S/C17H15ClF3NO5S/c1-10-6-12(7-16(23)26-10)27-11-4-5-22(9-11)28(24,25)13-2-3-15(18)14(8-13)17(19,20)21/h2-3,6-8,11H,4-5,9H2,1H3. The van der Waals surface area contributed by atoms with E-state index in [1.54, 1.807) is 6.92 Å². The van der Waals surface area contributed by atoms with E-state index in [1.165, 1.54) is 6.07 Å². The van der Waals surface area contributed by atoms with Gasteiger partial charge in [0.15, 0.2) is 0 Å². The van der Waals surface area contributed by atoms with Gasteiger partial charge in [0, 0.05) is 12.6 Å². The van der Waals surface area contributed by atoms with E-state index < -0.39 is 43.4 Å². The third kappa shape index (κ3) is 4.34. The normalized spacial score (nSPS) is 18.4. The molecule has 0 saturated carbocycles. The summed E-state index contributed by atoms with van der Waals surface area (Å²) < 4.78 is 76.0. The van der Waals surface area contributed by atoms with Gasteiger partial charge in [-0.25, -0.2) is 13.2 Å². The number of ether oxygens (including phenoxy) is 1. The number of rotatable bonds is 4. The van der Waals surface area contributed by atoms with Gasteiger partial charge in [0.1, 0.15) is 17.6 Å². The molecule has 0 radical (unpaired) electrons. The minimum Gasteiger partial charge on any atom is -0.489 e. The van der Waals surface area contributed by atoms with Gasteiger partial charge in [-0.05, 0) is 31.5 Å². The molecule has 6 nitrogen and oxygen atoms in total. The molecule has 1 fully saturated rings. The number of nitrogens with zero attached hydrogens (tertiary/aromatic N) is 1. The summed E-state index contributed by atoms with van der Waals surface area (Å²) in [5, 5.41) is -0.577. The lowest BCUT2D eigenvalue weighted by Gasteiger charge is -2.18. The van der Waals surface area contributed by atoms with Crippen molar-refractivity contribution in [3.63, 3.8) is 0 Å². The van der Waals surface area contributed by atoms with Crippen LogP contribution in [0.1, 0.15) is 17.7 Å². The third-order valence-corrected chi connectivity index (χ3v) is 6.35. The van der Waals surface area contributed by atoms with Crippen LogP contribution in [0.5, 0.6) is 5.75 Å². The lowest BCUT2D eigenvalue weighted by atomic mass is 10.2. The molecular formula is C17H15ClF3NO5S. The molecule has 28 heavy (non-hydrogen) atoms. The molecule has 1 aromatic heterocycles. The van der Waals surface area contributed by atoms with Crippen LogP contribution in [0.3, 0.4) is 0 Å². The molecule has 0 amide bonds. The predicted octanol–water partition coefficient (Wildman–Crippen LogP) is 3.46. The molecule has 1 unspecified atom stereocenters. The van der Waals surface area contributed by atoms with Crippen molar-refractivity contribution < 1.29 is 30.7 Å². The van der Waals surface area contributed by atoms with Gasteiger partial charge in [0.25, 0.3) is 0 Å². The molecule has 1 saturated heterocycles. The van der Waals surface area contributed by atoms with Crippen molar-refractivity contribution in [3.05, 3.63) is 57.1 Å². The first-order valence-electron chi connectivity index (χ1n) is 8.12. The summed E-state index contributed by atoms with van der Waals surface area (Å²) in [7, 11) is -4.17. The van der Waals surface area contributed by atoms with Gasteiger partial charge in [-0.2, -0.15) is 17.5 Å². The summed E-state index contributed by atoms with van der Waals surface area (Å²) in [5.74, 6) is 0.578. The van der Waals surface area contributed by atoms with Crippen LogP contribution < -0.4 is 10.4 Å². The largest absolute Gasteiger partial charge is 0.489 e. The number of sulfonamides is 1. The van der Waals surface area contributed by atoms with Gasteiger partial charge in [0.05, 0.1) is 28.1 Å². The second kappa shape index (κ2) is 7.41. The second-order valence-electron chi connectivity index (χ2n) is 6.25. The first kappa shape index (κ1) is 20.7. The SMILES string of the molecule is Cc1cc(OC2CCN(S(=O)(=O)c3ccc(Cl)c(C(F)(F)F)c3)C2)cc(=O)o1. The van der Waals surface area contributed by atoms with Crippen LogP contribution in [-0.4, -0.2) is 31.9 Å². The highest BCUT2D eigenvalue weighted by molar-refractivity contribution is 7.89. The van der Waals surface area contributed by atoms with Gasteiger partial charge in [-0.3, -0.25) is 0 Å². The van der Waals surface area contributed by atoms with E-state index in [-0.39, 0.29) is 18.8 Å². The lowest BCUT2D eigenvalue weighted by molar-refractivity contribution is -0.137. The summed E-state index contributed by atoms with van der Waals surface area (Å²) in [4.78, 5) is 10.9. The summed E-state index contributed by atoms with van der Waals surface area (Å²) >= 11 is 5.55. The monoisotopic (exact) mass is 437 g/mol. The van der Waals surface area contributed by atoms with Gasteiger partial charge in [0.2, 0.25) is 10.0 Å². The molecule has 3 rings (SSSR count). The highest BCUT2D eigenvalue weighted by Crippen LogP contribution is 2.36. The van der Waals surface area contributed by atoms with E-state index in [1.807, 2.05) is 0 Å². The average Bonchev–Trinajstić information content (AvgIpc) is 3.02. The number of halogens is 4. The number of alkyl halides is 3. The van der Waals surface area contributed by atoms with Crippen molar-refractivity contribution >= 4 is 21.6 Å². The molecule has 1 aliphatic heterocycles. The molecule has 1 aromatic carbocycles. The Hall–Kier alpha value is -2.04. The number of benzene rings is 1. The zero-order valence-corrected chi connectivity index (χ0v) is 16.1. The van der Waals surface area contributed by atoms with Gasteiger partial charge in [-0.1, -0.05) is 11.6 Å². The second-order valence-corrected chi connectivity index (χ2v) is 8.60. The Morgan fingerprint density at radius 1 is 1.25 bits per heavy atom. The molecule has 1 atom stereocenters. The molecule has 2 heterocycles. The molecule has 2 aromatic rings. The van der Waals surface area contributed by atoms with Crippen LogP contribution in [0.4, 0.5) is 13.2 Å². The van der Waals surface area contributed by atoms with E-state index in [0.717, 1.165) is 22.5 Å². The van der Waals surface area contributed by atoms with Gasteiger partial charge in [-0.15, -0.1) is 0 Å². The zero-order valence-electron chi connectivity index (χ0n) is 14.5. The first-order chi connectivity index (χ1) is 13.0. The molecule has 0 bridgehead atoms. The number of aryl methyl sites for hydroxylation is 1. The van der Waals surface area contributed by atoms with Crippen molar-refractivity contribution in [2.24, 2.45) is 0 Å². The van der Waals surface area contributed by atoms with Crippen LogP contribution in [0.2, 0.25) is 5.02 Å². The molecule has 152 valence electrons. The van der Waals surface area contributed by atoms with Crippen LogP contribution >= 0.6 is 11.6 Å². The van der Waals surface area contributed by atoms with Gasteiger partial charge < -0.3 is 9.15 Å². The van der Waals surface area contributed by atoms with Crippen LogP contribution in [-0.2, 0) is 16.2 Å². The minimum atomic E-state index is -4.77. The Bertz CT molecular complexity index is 1050. The Balaban J connectivity index is 1.80. The molecule has 11 heteroatoms. The fraction of sp³-hybridized carbons (Fsp3) is 0.353. The summed E-state index contributed by atoms with van der Waals surface area (Å²) in [6.45, 7) is 1.57. The Morgan fingerprint density at radius 2 is 1.96 bits per heavy atom. The molecule has 0 spiro atoms. The van der Waals surface area contributed by atoms with E-state index in [4.69, 9.17) is 20.8 Å². The smallest absolute Gasteiger partial charge is 0.417 e. The number of hydrogen-bond donors (Lipinski definition) is 0. The molecule has 1 aliphatic rings. The highest BCUT2D eigenvalue weighted by atomic mass is 35.5. The van der Waals surface area contributed by atoms with E-state index >= 15 is 0 Å². The lowest BCUT2D eigenvalue weighted by Crippen LogP contribution is -2.31. The number of hydrogen-bond acceptors (Lipinski definition) is 5. The van der Waals surface area contributed by atoms with E-state index in [0.29, 0.717) is 18.2 Å². The fourth-order valence-corrected chi connectivity index (χ4v) is 4.62. The van der Waals surface area contributed by atoms with Crippen LogP contribution in [0.25, 0.3) is 0 Å².